The number of phenols is 1. The van der Waals surface area contributed by atoms with Gasteiger partial charge >= 0.3 is 5.69 Å². The lowest BCUT2D eigenvalue weighted by atomic mass is 9.86. The van der Waals surface area contributed by atoms with Gasteiger partial charge in [0.25, 0.3) is 5.91 Å². The Morgan fingerprint density at radius 1 is 1.26 bits per heavy atom. The molecule has 1 amide bonds. The highest BCUT2D eigenvalue weighted by Crippen LogP contribution is 2.31. The molecule has 0 heterocycles. The van der Waals surface area contributed by atoms with Crippen LogP contribution in [-0.2, 0) is 10.2 Å². The molecule has 8 nitrogen and oxygen atoms in total. The number of benzene rings is 2. The van der Waals surface area contributed by atoms with Gasteiger partial charge in [-0.25, -0.2) is 5.43 Å². The van der Waals surface area contributed by atoms with Gasteiger partial charge < -0.3 is 9.84 Å². The van der Waals surface area contributed by atoms with Crippen molar-refractivity contribution in [2.45, 2.75) is 26.2 Å². The number of hydrogen-bond donors (Lipinski definition) is 2. The molecule has 0 spiro atoms. The van der Waals surface area contributed by atoms with Crippen molar-refractivity contribution >= 4 is 17.8 Å². The molecule has 27 heavy (non-hydrogen) atoms. The fraction of sp³-hybridized carbons (Fsp3) is 0.263. The van der Waals surface area contributed by atoms with Gasteiger partial charge in [0.2, 0.25) is 5.75 Å². The van der Waals surface area contributed by atoms with Crippen LogP contribution in [0.3, 0.4) is 0 Å². The highest BCUT2D eigenvalue weighted by molar-refractivity contribution is 5.87. The number of ether oxygens (including phenoxy) is 1. The van der Waals surface area contributed by atoms with E-state index in [1.165, 1.54) is 18.2 Å². The second kappa shape index (κ2) is 8.31. The van der Waals surface area contributed by atoms with Crippen LogP contribution in [-0.4, -0.2) is 28.8 Å². The summed E-state index contributed by atoms with van der Waals surface area (Å²) in [5.41, 5.74) is 2.78. The Bertz CT molecular complexity index is 872. The molecule has 2 rings (SSSR count). The Kier molecular flexibility index (Phi) is 6.12. The number of phenolic OH excluding ortho intramolecular Hbond substituents is 1. The van der Waals surface area contributed by atoms with Gasteiger partial charge in [-0.1, -0.05) is 45.0 Å². The molecule has 0 bridgehead atoms. The van der Waals surface area contributed by atoms with Crippen molar-refractivity contribution in [2.24, 2.45) is 5.10 Å². The number of hydrogen-bond acceptors (Lipinski definition) is 6. The first-order valence-electron chi connectivity index (χ1n) is 8.20. The lowest BCUT2D eigenvalue weighted by molar-refractivity contribution is -0.385. The molecule has 0 saturated carbocycles. The first-order valence-corrected chi connectivity index (χ1v) is 8.20. The minimum atomic E-state index is -0.703. The molecule has 0 aromatic heterocycles. The number of nitrogens with zero attached hydrogens (tertiary/aromatic N) is 2. The van der Waals surface area contributed by atoms with Crippen LogP contribution in [0.25, 0.3) is 0 Å². The summed E-state index contributed by atoms with van der Waals surface area (Å²) in [5, 5.41) is 24.3. The molecule has 0 aliphatic rings. The van der Waals surface area contributed by atoms with Gasteiger partial charge in [0, 0.05) is 11.6 Å². The fourth-order valence-corrected chi connectivity index (χ4v) is 2.36. The molecule has 2 aromatic rings. The van der Waals surface area contributed by atoms with Crippen molar-refractivity contribution in [3.63, 3.8) is 0 Å². The van der Waals surface area contributed by atoms with Gasteiger partial charge in [-0.2, -0.15) is 5.10 Å². The molecule has 0 radical (unpaired) electrons. The second-order valence-electron chi connectivity index (χ2n) is 6.80. The predicted molar refractivity (Wildman–Crippen MR) is 101 cm³/mol. The van der Waals surface area contributed by atoms with E-state index >= 15 is 0 Å². The van der Waals surface area contributed by atoms with E-state index in [2.05, 4.69) is 10.5 Å². The van der Waals surface area contributed by atoms with Crippen molar-refractivity contribution < 1.29 is 19.6 Å². The third kappa shape index (κ3) is 5.27. The Labute approximate surface area is 156 Å². The average molecular weight is 371 g/mol. The van der Waals surface area contributed by atoms with Crippen LogP contribution >= 0.6 is 0 Å². The molecule has 0 unspecified atom stereocenters. The Hall–Kier alpha value is -3.42. The van der Waals surface area contributed by atoms with E-state index in [9.17, 15) is 20.0 Å². The van der Waals surface area contributed by atoms with Crippen LogP contribution in [0.5, 0.6) is 11.5 Å². The Balaban J connectivity index is 1.97. The molecular weight excluding hydrogens is 350 g/mol. The Morgan fingerprint density at radius 3 is 2.63 bits per heavy atom. The van der Waals surface area contributed by atoms with Gasteiger partial charge in [-0.3, -0.25) is 14.9 Å². The molecule has 8 heteroatoms. The molecule has 142 valence electrons. The summed E-state index contributed by atoms with van der Waals surface area (Å²) in [6, 6.07) is 11.5. The Morgan fingerprint density at radius 2 is 1.96 bits per heavy atom. The number of amides is 1. The maximum Gasteiger partial charge on any atom is 0.311 e. The first kappa shape index (κ1) is 19.9. The van der Waals surface area contributed by atoms with Crippen LogP contribution in [0.1, 0.15) is 31.9 Å². The highest BCUT2D eigenvalue weighted by Gasteiger charge is 2.19. The number of rotatable bonds is 6. The third-order valence-corrected chi connectivity index (χ3v) is 3.69. The number of nitro groups is 1. The summed E-state index contributed by atoms with van der Waals surface area (Å²) >= 11 is 0. The van der Waals surface area contributed by atoms with Gasteiger partial charge in [0.05, 0.1) is 11.1 Å². The van der Waals surface area contributed by atoms with E-state index in [4.69, 9.17) is 4.74 Å². The summed E-state index contributed by atoms with van der Waals surface area (Å²) < 4.78 is 5.58. The molecule has 0 fully saturated rings. The number of hydrazone groups is 1. The van der Waals surface area contributed by atoms with E-state index in [0.717, 1.165) is 11.8 Å². The lowest BCUT2D eigenvalue weighted by Gasteiger charge is -2.22. The number of carbonyl (C=O) groups excluding carboxylic acids is 1. The van der Waals surface area contributed by atoms with Crippen LogP contribution < -0.4 is 10.2 Å². The molecule has 2 aromatic carbocycles. The summed E-state index contributed by atoms with van der Waals surface area (Å²) in [4.78, 5) is 22.0. The number of nitro benzene ring substituents is 1. The minimum Gasteiger partial charge on any atom is -0.502 e. The first-order chi connectivity index (χ1) is 12.7. The lowest BCUT2D eigenvalue weighted by Crippen LogP contribution is -2.25. The fourth-order valence-electron chi connectivity index (χ4n) is 2.36. The SMILES string of the molecule is CC(C)(C)c1ccccc1OCC(=O)N/N=C/c1cccc([N+](=O)[O-])c1O. The van der Waals surface area contributed by atoms with E-state index in [0.29, 0.717) is 5.75 Å². The summed E-state index contributed by atoms with van der Waals surface area (Å²) in [5.74, 6) is -0.406. The van der Waals surface area contributed by atoms with Gasteiger partial charge in [0.15, 0.2) is 6.61 Å². The topological polar surface area (TPSA) is 114 Å². The average Bonchev–Trinajstić information content (AvgIpc) is 2.60. The molecule has 0 aliphatic carbocycles. The zero-order valence-electron chi connectivity index (χ0n) is 15.3. The third-order valence-electron chi connectivity index (χ3n) is 3.69. The van der Waals surface area contributed by atoms with Gasteiger partial charge in [-0.15, -0.1) is 0 Å². The molecule has 2 N–H and O–H groups in total. The van der Waals surface area contributed by atoms with E-state index in [1.807, 2.05) is 39.0 Å². The van der Waals surface area contributed by atoms with Crippen molar-refractivity contribution in [3.05, 3.63) is 63.7 Å². The second-order valence-corrected chi connectivity index (χ2v) is 6.80. The van der Waals surface area contributed by atoms with Crippen LogP contribution in [0.2, 0.25) is 0 Å². The van der Waals surface area contributed by atoms with Crippen LogP contribution in [0, 0.1) is 10.1 Å². The van der Waals surface area contributed by atoms with Crippen molar-refractivity contribution in [1.29, 1.82) is 0 Å². The maximum absolute atomic E-state index is 11.9. The number of nitrogens with one attached hydrogen (secondary N) is 1. The van der Waals surface area contributed by atoms with Crippen LogP contribution in [0.15, 0.2) is 47.6 Å². The number of carbonyl (C=O) groups is 1. The quantitative estimate of drug-likeness (QED) is 0.460. The maximum atomic E-state index is 11.9. The molecule has 0 atom stereocenters. The van der Waals surface area contributed by atoms with Crippen molar-refractivity contribution in [1.82, 2.24) is 5.43 Å². The highest BCUT2D eigenvalue weighted by atomic mass is 16.6. The normalized spacial score (nSPS) is 11.4. The predicted octanol–water partition coefficient (Wildman–Crippen LogP) is 3.13. The van der Waals surface area contributed by atoms with E-state index in [1.54, 1.807) is 6.07 Å². The van der Waals surface area contributed by atoms with Crippen molar-refractivity contribution in [3.8, 4) is 11.5 Å². The van der Waals surface area contributed by atoms with E-state index < -0.39 is 22.3 Å². The standard InChI is InChI=1S/C19H21N3O5/c1-19(2,3)14-8-4-5-10-16(14)27-12-17(23)21-20-11-13-7-6-9-15(18(13)24)22(25)26/h4-11,24H,12H2,1-3H3,(H,21,23)/b20-11+. The number of para-hydroxylation sites is 2. The summed E-state index contributed by atoms with van der Waals surface area (Å²) in [7, 11) is 0. The molecule has 0 saturated heterocycles. The minimum absolute atomic E-state index is 0.114. The van der Waals surface area contributed by atoms with E-state index in [-0.39, 0.29) is 17.6 Å². The van der Waals surface area contributed by atoms with Gasteiger partial charge in [-0.05, 0) is 23.1 Å². The number of aromatic hydroxyl groups is 1. The monoisotopic (exact) mass is 371 g/mol. The summed E-state index contributed by atoms with van der Waals surface area (Å²) in [6.07, 6.45) is 1.13. The molecule has 0 aliphatic heterocycles. The zero-order valence-corrected chi connectivity index (χ0v) is 15.3. The smallest absolute Gasteiger partial charge is 0.311 e. The molecular formula is C19H21N3O5. The largest absolute Gasteiger partial charge is 0.502 e. The van der Waals surface area contributed by atoms with Gasteiger partial charge in [0.1, 0.15) is 5.75 Å². The summed E-state index contributed by atoms with van der Waals surface area (Å²) in [6.45, 7) is 5.90. The van der Waals surface area contributed by atoms with Crippen LogP contribution in [0.4, 0.5) is 5.69 Å². The zero-order chi connectivity index (χ0) is 20.0. The van der Waals surface area contributed by atoms with Crippen molar-refractivity contribution in [2.75, 3.05) is 6.61 Å².